The Morgan fingerprint density at radius 2 is 2.19 bits per heavy atom. The second-order valence-corrected chi connectivity index (χ2v) is 4.85. The highest BCUT2D eigenvalue weighted by Gasteiger charge is 2.25. The number of ether oxygens (including phenoxy) is 1. The van der Waals surface area contributed by atoms with E-state index in [0.29, 0.717) is 12.6 Å². The maximum absolute atomic E-state index is 6.23. The summed E-state index contributed by atoms with van der Waals surface area (Å²) in [5.74, 6) is 0.878. The third-order valence-corrected chi connectivity index (χ3v) is 3.00. The molecule has 0 amide bonds. The Labute approximate surface area is 102 Å². The molecule has 0 atom stereocenters. The molecule has 3 heteroatoms. The standard InChI is InChI=1S/C13H18ClNO/c1-9-7-10(3-2-6-15)13(12(14)8-9)16-11-4-5-11/h7-8,11H,2-6,15H2,1H3. The third kappa shape index (κ3) is 2.89. The molecule has 1 saturated carbocycles. The van der Waals surface area contributed by atoms with Gasteiger partial charge in [-0.1, -0.05) is 17.7 Å². The van der Waals surface area contributed by atoms with Crippen LogP contribution in [0.15, 0.2) is 12.1 Å². The van der Waals surface area contributed by atoms with E-state index in [0.717, 1.165) is 36.5 Å². The first-order valence-corrected chi connectivity index (χ1v) is 6.24. The quantitative estimate of drug-likeness (QED) is 0.857. The molecule has 0 radical (unpaired) electrons. The van der Waals surface area contributed by atoms with Gasteiger partial charge in [0.15, 0.2) is 0 Å². The fourth-order valence-electron chi connectivity index (χ4n) is 1.76. The van der Waals surface area contributed by atoms with Crippen molar-refractivity contribution in [2.75, 3.05) is 6.54 Å². The number of halogens is 1. The highest BCUT2D eigenvalue weighted by Crippen LogP contribution is 2.36. The number of hydrogen-bond donors (Lipinski definition) is 1. The van der Waals surface area contributed by atoms with Gasteiger partial charge in [0.1, 0.15) is 5.75 Å². The van der Waals surface area contributed by atoms with Gasteiger partial charge in [-0.15, -0.1) is 0 Å². The molecule has 0 bridgehead atoms. The Morgan fingerprint density at radius 3 is 2.81 bits per heavy atom. The molecule has 16 heavy (non-hydrogen) atoms. The van der Waals surface area contributed by atoms with Gasteiger partial charge < -0.3 is 10.5 Å². The highest BCUT2D eigenvalue weighted by atomic mass is 35.5. The molecule has 2 nitrogen and oxygen atoms in total. The van der Waals surface area contributed by atoms with Gasteiger partial charge in [-0.2, -0.15) is 0 Å². The number of benzene rings is 1. The van der Waals surface area contributed by atoms with Gasteiger partial charge in [0, 0.05) is 0 Å². The summed E-state index contributed by atoms with van der Waals surface area (Å²) in [5.41, 5.74) is 7.92. The van der Waals surface area contributed by atoms with Crippen molar-refractivity contribution in [2.24, 2.45) is 5.73 Å². The monoisotopic (exact) mass is 239 g/mol. The van der Waals surface area contributed by atoms with Crippen LogP contribution in [0.4, 0.5) is 0 Å². The van der Waals surface area contributed by atoms with Crippen molar-refractivity contribution in [3.63, 3.8) is 0 Å². The van der Waals surface area contributed by atoms with Crippen molar-refractivity contribution in [2.45, 2.75) is 38.7 Å². The Kier molecular flexibility index (Phi) is 3.72. The zero-order valence-corrected chi connectivity index (χ0v) is 10.4. The van der Waals surface area contributed by atoms with Crippen molar-refractivity contribution in [1.82, 2.24) is 0 Å². The van der Waals surface area contributed by atoms with Crippen molar-refractivity contribution in [3.05, 3.63) is 28.3 Å². The van der Waals surface area contributed by atoms with Crippen molar-refractivity contribution in [1.29, 1.82) is 0 Å². The summed E-state index contributed by atoms with van der Waals surface area (Å²) in [4.78, 5) is 0. The molecule has 0 aromatic heterocycles. The molecule has 1 aromatic rings. The second kappa shape index (κ2) is 5.07. The van der Waals surface area contributed by atoms with Crippen molar-refractivity contribution >= 4 is 11.6 Å². The number of rotatable bonds is 5. The molecule has 0 unspecified atom stereocenters. The van der Waals surface area contributed by atoms with Gasteiger partial charge in [0.25, 0.3) is 0 Å². The molecule has 0 aliphatic heterocycles. The second-order valence-electron chi connectivity index (χ2n) is 4.44. The van der Waals surface area contributed by atoms with Gasteiger partial charge in [-0.25, -0.2) is 0 Å². The van der Waals surface area contributed by atoms with E-state index in [-0.39, 0.29) is 0 Å². The van der Waals surface area contributed by atoms with Crippen LogP contribution in [0.2, 0.25) is 5.02 Å². The molecule has 2 N–H and O–H groups in total. The van der Waals surface area contributed by atoms with Crippen LogP contribution in [0.3, 0.4) is 0 Å². The van der Waals surface area contributed by atoms with Gasteiger partial charge in [0.05, 0.1) is 11.1 Å². The van der Waals surface area contributed by atoms with Crippen LogP contribution in [0.1, 0.15) is 30.4 Å². The average molecular weight is 240 g/mol. The van der Waals surface area contributed by atoms with Crippen LogP contribution in [-0.4, -0.2) is 12.6 Å². The summed E-state index contributed by atoms with van der Waals surface area (Å²) >= 11 is 6.23. The molecule has 88 valence electrons. The predicted octanol–water partition coefficient (Wildman–Crippen LogP) is 3.08. The smallest absolute Gasteiger partial charge is 0.141 e. The van der Waals surface area contributed by atoms with Crippen LogP contribution < -0.4 is 10.5 Å². The molecule has 1 aromatic carbocycles. The Bertz CT molecular complexity index is 374. The van der Waals surface area contributed by atoms with E-state index in [9.17, 15) is 0 Å². The predicted molar refractivity (Wildman–Crippen MR) is 67.2 cm³/mol. The SMILES string of the molecule is Cc1cc(Cl)c(OC2CC2)c(CCCN)c1. The molecular formula is C13H18ClNO. The minimum atomic E-state index is 0.386. The van der Waals surface area contributed by atoms with E-state index in [1.54, 1.807) is 0 Å². The lowest BCUT2D eigenvalue weighted by atomic mass is 10.1. The molecule has 1 fully saturated rings. The lowest BCUT2D eigenvalue weighted by molar-refractivity contribution is 0.300. The summed E-state index contributed by atoms with van der Waals surface area (Å²) < 4.78 is 5.87. The first-order chi connectivity index (χ1) is 7.70. The average Bonchev–Trinajstić information content (AvgIpc) is 3.03. The fraction of sp³-hybridized carbons (Fsp3) is 0.538. The first kappa shape index (κ1) is 11.7. The van der Waals surface area contributed by atoms with E-state index in [2.05, 4.69) is 13.0 Å². The van der Waals surface area contributed by atoms with Gasteiger partial charge in [-0.05, 0) is 56.3 Å². The number of aryl methyl sites for hydroxylation is 2. The molecule has 1 aliphatic rings. The van der Waals surface area contributed by atoms with Gasteiger partial charge in [0.2, 0.25) is 0 Å². The zero-order valence-electron chi connectivity index (χ0n) is 9.63. The zero-order chi connectivity index (χ0) is 11.5. The maximum atomic E-state index is 6.23. The summed E-state index contributed by atoms with van der Waals surface area (Å²) in [6, 6.07) is 4.12. The van der Waals surface area contributed by atoms with Crippen LogP contribution in [0.25, 0.3) is 0 Å². The maximum Gasteiger partial charge on any atom is 0.141 e. The molecule has 2 rings (SSSR count). The Hall–Kier alpha value is -0.730. The van der Waals surface area contributed by atoms with Crippen LogP contribution >= 0.6 is 11.6 Å². The molecule has 0 heterocycles. The van der Waals surface area contributed by atoms with Gasteiger partial charge >= 0.3 is 0 Å². The highest BCUT2D eigenvalue weighted by molar-refractivity contribution is 6.32. The number of hydrogen-bond acceptors (Lipinski definition) is 2. The molecule has 0 saturated heterocycles. The largest absolute Gasteiger partial charge is 0.489 e. The van der Waals surface area contributed by atoms with E-state index in [1.165, 1.54) is 11.1 Å². The minimum Gasteiger partial charge on any atom is -0.489 e. The lowest BCUT2D eigenvalue weighted by Crippen LogP contribution is -2.04. The van der Waals surface area contributed by atoms with E-state index in [4.69, 9.17) is 22.1 Å². The molecule has 0 spiro atoms. The minimum absolute atomic E-state index is 0.386. The third-order valence-electron chi connectivity index (χ3n) is 2.72. The van der Waals surface area contributed by atoms with Crippen LogP contribution in [-0.2, 0) is 6.42 Å². The lowest BCUT2D eigenvalue weighted by Gasteiger charge is -2.13. The summed E-state index contributed by atoms with van der Waals surface area (Å²) in [7, 11) is 0. The summed E-state index contributed by atoms with van der Waals surface area (Å²) in [6.07, 6.45) is 4.61. The molecular weight excluding hydrogens is 222 g/mol. The van der Waals surface area contributed by atoms with Crippen molar-refractivity contribution in [3.8, 4) is 5.75 Å². The van der Waals surface area contributed by atoms with E-state index >= 15 is 0 Å². The Morgan fingerprint density at radius 1 is 1.44 bits per heavy atom. The molecule has 1 aliphatic carbocycles. The normalized spacial score (nSPS) is 15.2. The van der Waals surface area contributed by atoms with Crippen LogP contribution in [0, 0.1) is 6.92 Å². The van der Waals surface area contributed by atoms with E-state index < -0.39 is 0 Å². The first-order valence-electron chi connectivity index (χ1n) is 5.86. The van der Waals surface area contributed by atoms with Crippen LogP contribution in [0.5, 0.6) is 5.75 Å². The number of nitrogens with two attached hydrogens (primary N) is 1. The van der Waals surface area contributed by atoms with E-state index in [1.807, 2.05) is 6.07 Å². The fourth-order valence-corrected chi connectivity index (χ4v) is 2.10. The Balaban J connectivity index is 2.22. The van der Waals surface area contributed by atoms with Gasteiger partial charge in [-0.3, -0.25) is 0 Å². The summed E-state index contributed by atoms with van der Waals surface area (Å²) in [5, 5.41) is 0.735. The topological polar surface area (TPSA) is 35.2 Å². The summed E-state index contributed by atoms with van der Waals surface area (Å²) in [6.45, 7) is 2.76. The van der Waals surface area contributed by atoms with Crippen molar-refractivity contribution < 1.29 is 4.74 Å².